The zero-order chi connectivity index (χ0) is 16.8. The molecule has 118 valence electrons. The third kappa shape index (κ3) is 4.57. The molecule has 0 saturated carbocycles. The highest BCUT2D eigenvalue weighted by Crippen LogP contribution is 2.27. The summed E-state index contributed by atoms with van der Waals surface area (Å²) in [5.41, 5.74) is 3.34. The van der Waals surface area contributed by atoms with Crippen LogP contribution in [-0.4, -0.2) is 16.1 Å². The fourth-order valence-corrected chi connectivity index (χ4v) is 3.22. The minimum atomic E-state index is -0.320. The predicted molar refractivity (Wildman–Crippen MR) is 92.0 cm³/mol. The van der Waals surface area contributed by atoms with Crippen LogP contribution in [0.4, 0.5) is 0 Å². The molecular weight excluding hydrogens is 306 g/mol. The summed E-state index contributed by atoms with van der Waals surface area (Å²) in [6.45, 7) is 6.09. The monoisotopic (exact) mass is 325 g/mol. The zero-order valence-electron chi connectivity index (χ0n) is 13.5. The average molecular weight is 325 g/mol. The van der Waals surface area contributed by atoms with Crippen molar-refractivity contribution in [3.05, 3.63) is 58.8 Å². The molecule has 2 aromatic rings. The second-order valence-corrected chi connectivity index (χ2v) is 6.67. The van der Waals surface area contributed by atoms with Crippen LogP contribution in [0.3, 0.4) is 0 Å². The van der Waals surface area contributed by atoms with E-state index >= 15 is 0 Å². The molecule has 1 amide bonds. The SMILES string of the molecule is Cc1cc(C)c(C#N)c(SC(C)C(=O)NCc2ccccc2)n1. The first-order chi connectivity index (χ1) is 11.0. The fourth-order valence-electron chi connectivity index (χ4n) is 2.17. The van der Waals surface area contributed by atoms with E-state index in [1.54, 1.807) is 0 Å². The number of carbonyl (C=O) groups is 1. The number of carbonyl (C=O) groups excluding carboxylic acids is 1. The van der Waals surface area contributed by atoms with Crippen LogP contribution in [0.15, 0.2) is 41.4 Å². The van der Waals surface area contributed by atoms with Gasteiger partial charge in [-0.2, -0.15) is 5.26 Å². The van der Waals surface area contributed by atoms with Gasteiger partial charge in [-0.1, -0.05) is 42.1 Å². The van der Waals surface area contributed by atoms with Crippen molar-refractivity contribution in [2.75, 3.05) is 0 Å². The van der Waals surface area contributed by atoms with Crippen LogP contribution < -0.4 is 5.32 Å². The summed E-state index contributed by atoms with van der Waals surface area (Å²) in [6.07, 6.45) is 0. The third-order valence-electron chi connectivity index (χ3n) is 3.39. The van der Waals surface area contributed by atoms with Gasteiger partial charge in [0.25, 0.3) is 0 Å². The summed E-state index contributed by atoms with van der Waals surface area (Å²) in [4.78, 5) is 16.7. The summed E-state index contributed by atoms with van der Waals surface area (Å²) < 4.78 is 0. The number of hydrogen-bond acceptors (Lipinski definition) is 4. The predicted octanol–water partition coefficient (Wildman–Crippen LogP) is 3.37. The topological polar surface area (TPSA) is 65.8 Å². The number of nitriles is 1. The van der Waals surface area contributed by atoms with Crippen LogP contribution >= 0.6 is 11.8 Å². The van der Waals surface area contributed by atoms with Crippen molar-refractivity contribution in [3.8, 4) is 6.07 Å². The molecule has 0 aliphatic rings. The van der Waals surface area contributed by atoms with Gasteiger partial charge in [0.15, 0.2) is 0 Å². The Morgan fingerprint density at radius 1 is 1.35 bits per heavy atom. The number of amides is 1. The minimum absolute atomic E-state index is 0.0660. The lowest BCUT2D eigenvalue weighted by atomic mass is 10.1. The van der Waals surface area contributed by atoms with Gasteiger partial charge in [0.1, 0.15) is 11.1 Å². The van der Waals surface area contributed by atoms with E-state index in [9.17, 15) is 10.1 Å². The van der Waals surface area contributed by atoms with Crippen molar-refractivity contribution in [1.82, 2.24) is 10.3 Å². The Labute approximate surface area is 140 Å². The lowest BCUT2D eigenvalue weighted by Crippen LogP contribution is -2.30. The maximum Gasteiger partial charge on any atom is 0.233 e. The highest BCUT2D eigenvalue weighted by atomic mass is 32.2. The maximum atomic E-state index is 12.2. The van der Waals surface area contributed by atoms with Gasteiger partial charge >= 0.3 is 0 Å². The second kappa shape index (κ2) is 7.80. The van der Waals surface area contributed by atoms with Crippen LogP contribution in [0.1, 0.15) is 29.3 Å². The Balaban J connectivity index is 2.03. The van der Waals surface area contributed by atoms with Gasteiger partial charge in [0.05, 0.1) is 10.8 Å². The Morgan fingerprint density at radius 3 is 2.70 bits per heavy atom. The molecule has 1 unspecified atom stereocenters. The molecule has 0 saturated heterocycles. The molecule has 0 fully saturated rings. The molecule has 1 atom stereocenters. The smallest absolute Gasteiger partial charge is 0.233 e. The number of nitrogens with one attached hydrogen (secondary N) is 1. The van der Waals surface area contributed by atoms with Gasteiger partial charge in [0, 0.05) is 12.2 Å². The van der Waals surface area contributed by atoms with E-state index in [1.165, 1.54) is 11.8 Å². The Morgan fingerprint density at radius 2 is 2.04 bits per heavy atom. The molecule has 0 spiro atoms. The quantitative estimate of drug-likeness (QED) is 0.856. The molecule has 2 rings (SSSR count). The molecule has 1 heterocycles. The number of pyridine rings is 1. The number of nitrogens with zero attached hydrogens (tertiary/aromatic N) is 2. The number of hydrogen-bond donors (Lipinski definition) is 1. The molecule has 23 heavy (non-hydrogen) atoms. The zero-order valence-corrected chi connectivity index (χ0v) is 14.3. The number of rotatable bonds is 5. The van der Waals surface area contributed by atoms with Crippen LogP contribution in [0.25, 0.3) is 0 Å². The molecule has 1 aromatic carbocycles. The van der Waals surface area contributed by atoms with E-state index in [0.29, 0.717) is 17.1 Å². The van der Waals surface area contributed by atoms with E-state index < -0.39 is 0 Å². The molecular formula is C18H19N3OS. The van der Waals surface area contributed by atoms with E-state index in [0.717, 1.165) is 16.8 Å². The molecule has 5 heteroatoms. The standard InChI is InChI=1S/C18H19N3OS/c1-12-9-13(2)21-18(16(12)10-19)23-14(3)17(22)20-11-15-7-5-4-6-8-15/h4-9,14H,11H2,1-3H3,(H,20,22). The normalized spacial score (nSPS) is 11.6. The van der Waals surface area contributed by atoms with E-state index in [-0.39, 0.29) is 11.2 Å². The maximum absolute atomic E-state index is 12.2. The van der Waals surface area contributed by atoms with Crippen molar-refractivity contribution in [1.29, 1.82) is 5.26 Å². The van der Waals surface area contributed by atoms with Crippen LogP contribution in [0.5, 0.6) is 0 Å². The molecule has 0 aliphatic heterocycles. The van der Waals surface area contributed by atoms with Gasteiger partial charge in [-0.25, -0.2) is 4.98 Å². The fraction of sp³-hybridized carbons (Fsp3) is 0.278. The Kier molecular flexibility index (Phi) is 5.78. The van der Waals surface area contributed by atoms with E-state index in [2.05, 4.69) is 16.4 Å². The highest BCUT2D eigenvalue weighted by molar-refractivity contribution is 8.00. The minimum Gasteiger partial charge on any atom is -0.351 e. The second-order valence-electron chi connectivity index (χ2n) is 5.34. The van der Waals surface area contributed by atoms with E-state index in [1.807, 2.05) is 57.2 Å². The number of benzene rings is 1. The highest BCUT2D eigenvalue weighted by Gasteiger charge is 2.18. The van der Waals surface area contributed by atoms with Gasteiger partial charge in [-0.05, 0) is 38.0 Å². The molecule has 0 aliphatic carbocycles. The van der Waals surface area contributed by atoms with Crippen LogP contribution in [0.2, 0.25) is 0 Å². The van der Waals surface area contributed by atoms with Crippen molar-refractivity contribution >= 4 is 17.7 Å². The molecule has 1 N–H and O–H groups in total. The number of thioether (sulfide) groups is 1. The molecule has 0 bridgehead atoms. The molecule has 0 radical (unpaired) electrons. The third-order valence-corrected chi connectivity index (χ3v) is 4.48. The first kappa shape index (κ1) is 17.0. The van der Waals surface area contributed by atoms with E-state index in [4.69, 9.17) is 0 Å². The van der Waals surface area contributed by atoms with Gasteiger partial charge in [0.2, 0.25) is 5.91 Å². The molecule has 4 nitrogen and oxygen atoms in total. The van der Waals surface area contributed by atoms with Crippen molar-refractivity contribution in [3.63, 3.8) is 0 Å². The first-order valence-corrected chi connectivity index (χ1v) is 8.26. The molecule has 1 aromatic heterocycles. The lowest BCUT2D eigenvalue weighted by molar-refractivity contribution is -0.120. The number of aromatic nitrogens is 1. The number of aryl methyl sites for hydroxylation is 2. The van der Waals surface area contributed by atoms with Crippen molar-refractivity contribution in [2.45, 2.75) is 37.6 Å². The first-order valence-electron chi connectivity index (χ1n) is 7.38. The lowest BCUT2D eigenvalue weighted by Gasteiger charge is -2.13. The van der Waals surface area contributed by atoms with Gasteiger partial charge < -0.3 is 5.32 Å². The van der Waals surface area contributed by atoms with Gasteiger partial charge in [-0.15, -0.1) is 0 Å². The van der Waals surface area contributed by atoms with Crippen LogP contribution in [0, 0.1) is 25.2 Å². The summed E-state index contributed by atoms with van der Waals surface area (Å²) in [5, 5.41) is 12.5. The summed E-state index contributed by atoms with van der Waals surface area (Å²) in [5.74, 6) is -0.0660. The van der Waals surface area contributed by atoms with Crippen LogP contribution in [-0.2, 0) is 11.3 Å². The van der Waals surface area contributed by atoms with Crippen molar-refractivity contribution in [2.24, 2.45) is 0 Å². The van der Waals surface area contributed by atoms with Crippen molar-refractivity contribution < 1.29 is 4.79 Å². The summed E-state index contributed by atoms with van der Waals surface area (Å²) in [7, 11) is 0. The Bertz CT molecular complexity index is 738. The average Bonchev–Trinajstić information content (AvgIpc) is 2.53. The Hall–Kier alpha value is -2.32. The summed E-state index contributed by atoms with van der Waals surface area (Å²) >= 11 is 1.32. The van der Waals surface area contributed by atoms with Gasteiger partial charge in [-0.3, -0.25) is 4.79 Å². The largest absolute Gasteiger partial charge is 0.351 e. The summed E-state index contributed by atoms with van der Waals surface area (Å²) in [6, 6.07) is 13.8.